The van der Waals surface area contributed by atoms with Crippen LogP contribution < -0.4 is 0 Å². The molecule has 1 aliphatic carbocycles. The fourth-order valence-corrected chi connectivity index (χ4v) is 2.43. The second kappa shape index (κ2) is 5.57. The molecule has 1 aromatic heterocycles. The van der Waals surface area contributed by atoms with E-state index >= 15 is 0 Å². The van der Waals surface area contributed by atoms with E-state index in [4.69, 9.17) is 5.11 Å². The molecule has 4 nitrogen and oxygen atoms in total. The number of aromatic nitrogens is 1. The molecule has 1 saturated carbocycles. The van der Waals surface area contributed by atoms with Crippen molar-refractivity contribution in [3.63, 3.8) is 0 Å². The van der Waals surface area contributed by atoms with E-state index in [2.05, 4.69) is 13.8 Å². The van der Waals surface area contributed by atoms with Crippen molar-refractivity contribution in [2.45, 2.75) is 45.2 Å². The maximum absolute atomic E-state index is 12.5. The van der Waals surface area contributed by atoms with E-state index in [1.165, 1.54) is 6.42 Å². The summed E-state index contributed by atoms with van der Waals surface area (Å²) in [6, 6.07) is 4.37. The molecule has 1 fully saturated rings. The Balaban J connectivity index is 2.18. The number of rotatable bonds is 5. The molecule has 4 heteroatoms. The van der Waals surface area contributed by atoms with Gasteiger partial charge in [0.2, 0.25) is 0 Å². The quantitative estimate of drug-likeness (QED) is 0.869. The Labute approximate surface area is 108 Å². The SMILES string of the molecule is CC(C)n1cccc1C(=O)N(CCO)C1CCC1. The van der Waals surface area contributed by atoms with E-state index < -0.39 is 0 Å². The smallest absolute Gasteiger partial charge is 0.270 e. The summed E-state index contributed by atoms with van der Waals surface area (Å²) in [6.07, 6.45) is 5.25. The van der Waals surface area contributed by atoms with Gasteiger partial charge in [-0.05, 0) is 45.2 Å². The highest BCUT2D eigenvalue weighted by Crippen LogP contribution is 2.26. The molecule has 1 aromatic rings. The van der Waals surface area contributed by atoms with Crippen LogP contribution in [0.15, 0.2) is 18.3 Å². The van der Waals surface area contributed by atoms with Gasteiger partial charge in [0, 0.05) is 24.8 Å². The number of carbonyl (C=O) groups is 1. The lowest BCUT2D eigenvalue weighted by Gasteiger charge is -2.37. The van der Waals surface area contributed by atoms with Gasteiger partial charge in [0.15, 0.2) is 0 Å². The zero-order valence-corrected chi connectivity index (χ0v) is 11.2. The van der Waals surface area contributed by atoms with E-state index in [-0.39, 0.29) is 18.6 Å². The summed E-state index contributed by atoms with van der Waals surface area (Å²) in [5, 5.41) is 9.13. The van der Waals surface area contributed by atoms with Crippen molar-refractivity contribution >= 4 is 5.91 Å². The third kappa shape index (κ3) is 2.43. The summed E-state index contributed by atoms with van der Waals surface area (Å²) in [4.78, 5) is 14.4. The highest BCUT2D eigenvalue weighted by Gasteiger charge is 2.30. The molecule has 0 radical (unpaired) electrons. The average Bonchev–Trinajstić information content (AvgIpc) is 2.74. The minimum absolute atomic E-state index is 0.0324. The summed E-state index contributed by atoms with van der Waals surface area (Å²) in [7, 11) is 0. The molecule has 1 N–H and O–H groups in total. The topological polar surface area (TPSA) is 45.5 Å². The van der Waals surface area contributed by atoms with Crippen molar-refractivity contribution in [2.75, 3.05) is 13.2 Å². The van der Waals surface area contributed by atoms with Gasteiger partial charge >= 0.3 is 0 Å². The lowest BCUT2D eigenvalue weighted by atomic mass is 9.91. The Morgan fingerprint density at radius 3 is 2.78 bits per heavy atom. The van der Waals surface area contributed by atoms with E-state index in [1.54, 1.807) is 0 Å². The minimum Gasteiger partial charge on any atom is -0.395 e. The van der Waals surface area contributed by atoms with Gasteiger partial charge in [-0.1, -0.05) is 0 Å². The summed E-state index contributed by atoms with van der Waals surface area (Å²) in [5.41, 5.74) is 0.727. The molecule has 0 unspecified atom stereocenters. The molecule has 0 aromatic carbocycles. The lowest BCUT2D eigenvalue weighted by Crippen LogP contribution is -2.46. The monoisotopic (exact) mass is 250 g/mol. The fraction of sp³-hybridized carbons (Fsp3) is 0.643. The first kappa shape index (κ1) is 13.1. The molecule has 0 saturated heterocycles. The molecule has 18 heavy (non-hydrogen) atoms. The van der Waals surface area contributed by atoms with Crippen LogP contribution >= 0.6 is 0 Å². The molecule has 0 bridgehead atoms. The predicted octanol–water partition coefficient (Wildman–Crippen LogP) is 2.06. The van der Waals surface area contributed by atoms with Gasteiger partial charge in [-0.2, -0.15) is 0 Å². The first-order chi connectivity index (χ1) is 8.65. The number of hydrogen-bond donors (Lipinski definition) is 1. The van der Waals surface area contributed by atoms with E-state index in [0.29, 0.717) is 12.6 Å². The Bertz CT molecular complexity index is 408. The Hall–Kier alpha value is -1.29. The van der Waals surface area contributed by atoms with Crippen LogP contribution in [-0.2, 0) is 0 Å². The number of amides is 1. The fourth-order valence-electron chi connectivity index (χ4n) is 2.43. The second-order valence-corrected chi connectivity index (χ2v) is 5.20. The van der Waals surface area contributed by atoms with Crippen LogP contribution in [-0.4, -0.2) is 39.7 Å². The van der Waals surface area contributed by atoms with Crippen LogP contribution in [0, 0.1) is 0 Å². The lowest BCUT2D eigenvalue weighted by molar-refractivity contribution is 0.0513. The molecule has 1 heterocycles. The second-order valence-electron chi connectivity index (χ2n) is 5.20. The Kier molecular flexibility index (Phi) is 4.07. The third-order valence-corrected chi connectivity index (χ3v) is 3.67. The van der Waals surface area contributed by atoms with Crippen molar-refractivity contribution in [2.24, 2.45) is 0 Å². The van der Waals surface area contributed by atoms with Gasteiger partial charge in [0.05, 0.1) is 6.61 Å². The number of aliphatic hydroxyl groups is 1. The first-order valence-corrected chi connectivity index (χ1v) is 6.73. The number of aliphatic hydroxyl groups excluding tert-OH is 1. The van der Waals surface area contributed by atoms with Crippen molar-refractivity contribution in [1.29, 1.82) is 0 Å². The first-order valence-electron chi connectivity index (χ1n) is 6.73. The van der Waals surface area contributed by atoms with Gasteiger partial charge in [0.1, 0.15) is 5.69 Å². The Morgan fingerprint density at radius 2 is 2.28 bits per heavy atom. The van der Waals surface area contributed by atoms with Crippen LogP contribution in [0.4, 0.5) is 0 Å². The van der Waals surface area contributed by atoms with Crippen LogP contribution in [0.5, 0.6) is 0 Å². The van der Waals surface area contributed by atoms with E-state index in [9.17, 15) is 4.79 Å². The molecule has 0 atom stereocenters. The molecule has 1 aliphatic rings. The molecule has 0 spiro atoms. The van der Waals surface area contributed by atoms with Gasteiger partial charge in [0.25, 0.3) is 5.91 Å². The van der Waals surface area contributed by atoms with Crippen LogP contribution in [0.3, 0.4) is 0 Å². The standard InChI is InChI=1S/C14H22N2O2/c1-11(2)15-8-4-7-13(15)14(18)16(9-10-17)12-5-3-6-12/h4,7-8,11-12,17H,3,5-6,9-10H2,1-2H3. The normalized spacial score (nSPS) is 15.8. The molecular formula is C14H22N2O2. The van der Waals surface area contributed by atoms with E-state index in [0.717, 1.165) is 18.5 Å². The predicted molar refractivity (Wildman–Crippen MR) is 70.6 cm³/mol. The zero-order chi connectivity index (χ0) is 13.1. The van der Waals surface area contributed by atoms with Crippen molar-refractivity contribution in [1.82, 2.24) is 9.47 Å². The number of hydrogen-bond acceptors (Lipinski definition) is 2. The molecule has 1 amide bonds. The minimum atomic E-state index is 0.0324. The molecule has 0 aliphatic heterocycles. The van der Waals surface area contributed by atoms with Crippen molar-refractivity contribution in [3.8, 4) is 0 Å². The van der Waals surface area contributed by atoms with Gasteiger partial charge in [-0.25, -0.2) is 0 Å². The van der Waals surface area contributed by atoms with E-state index in [1.807, 2.05) is 27.8 Å². The zero-order valence-electron chi connectivity index (χ0n) is 11.2. The Morgan fingerprint density at radius 1 is 1.56 bits per heavy atom. The summed E-state index contributed by atoms with van der Waals surface area (Å²) < 4.78 is 1.99. The number of carbonyl (C=O) groups excluding carboxylic acids is 1. The third-order valence-electron chi connectivity index (χ3n) is 3.67. The maximum Gasteiger partial charge on any atom is 0.270 e. The number of nitrogens with zero attached hydrogens (tertiary/aromatic N) is 2. The molecule has 2 rings (SSSR count). The highest BCUT2D eigenvalue weighted by molar-refractivity contribution is 5.93. The van der Waals surface area contributed by atoms with Gasteiger partial charge < -0.3 is 14.6 Å². The maximum atomic E-state index is 12.5. The molecule has 100 valence electrons. The van der Waals surface area contributed by atoms with Crippen molar-refractivity contribution in [3.05, 3.63) is 24.0 Å². The van der Waals surface area contributed by atoms with Crippen molar-refractivity contribution < 1.29 is 9.90 Å². The van der Waals surface area contributed by atoms with Crippen LogP contribution in [0.25, 0.3) is 0 Å². The van der Waals surface area contributed by atoms with Gasteiger partial charge in [-0.15, -0.1) is 0 Å². The average molecular weight is 250 g/mol. The highest BCUT2D eigenvalue weighted by atomic mass is 16.3. The van der Waals surface area contributed by atoms with Gasteiger partial charge in [-0.3, -0.25) is 4.79 Å². The van der Waals surface area contributed by atoms with Crippen LogP contribution in [0.2, 0.25) is 0 Å². The molecular weight excluding hydrogens is 228 g/mol. The summed E-state index contributed by atoms with van der Waals surface area (Å²) >= 11 is 0. The summed E-state index contributed by atoms with van der Waals surface area (Å²) in [5.74, 6) is 0.0486. The largest absolute Gasteiger partial charge is 0.395 e. The summed E-state index contributed by atoms with van der Waals surface area (Å²) in [6.45, 7) is 4.60. The van der Waals surface area contributed by atoms with Crippen LogP contribution in [0.1, 0.15) is 49.6 Å².